The van der Waals surface area contributed by atoms with Gasteiger partial charge in [0.15, 0.2) is 4.80 Å². The summed E-state index contributed by atoms with van der Waals surface area (Å²) in [4.78, 5) is 42.8. The lowest BCUT2D eigenvalue weighted by molar-refractivity contribution is -0.402. The minimum absolute atomic E-state index is 0.141. The molecule has 5 rings (SSSR count). The summed E-state index contributed by atoms with van der Waals surface area (Å²) in [6, 6.07) is 18.2. The summed E-state index contributed by atoms with van der Waals surface area (Å²) in [7, 11) is 0. The predicted octanol–water partition coefficient (Wildman–Crippen LogP) is 3.84. The number of nitro groups is 1. The van der Waals surface area contributed by atoms with Crippen LogP contribution in [0.25, 0.3) is 11.8 Å². The Bertz CT molecular complexity index is 1750. The average molecular weight is 546 g/mol. The molecule has 1 aliphatic heterocycles. The lowest BCUT2D eigenvalue weighted by Gasteiger charge is -2.26. The molecular formula is C28H23N3O7S. The summed E-state index contributed by atoms with van der Waals surface area (Å²) in [5.74, 6) is -0.220. The van der Waals surface area contributed by atoms with Gasteiger partial charge in [0.25, 0.3) is 5.56 Å². The number of furan rings is 1. The molecule has 1 atom stereocenters. The summed E-state index contributed by atoms with van der Waals surface area (Å²) < 4.78 is 18.0. The zero-order valence-electron chi connectivity index (χ0n) is 21.0. The molecule has 11 heteroatoms. The fraction of sp³-hybridized carbons (Fsp3) is 0.179. The Labute approximate surface area is 225 Å². The highest BCUT2D eigenvalue weighted by molar-refractivity contribution is 7.07. The molecule has 4 aromatic rings. The number of nitrogens with zero attached hydrogens (tertiary/aromatic N) is 3. The van der Waals surface area contributed by atoms with E-state index in [2.05, 4.69) is 0 Å². The summed E-state index contributed by atoms with van der Waals surface area (Å²) in [6.07, 6.45) is 1.43. The van der Waals surface area contributed by atoms with Crippen molar-refractivity contribution >= 4 is 35.0 Å². The Morgan fingerprint density at radius 2 is 1.85 bits per heavy atom. The molecule has 0 N–H and O–H groups in total. The van der Waals surface area contributed by atoms with E-state index in [1.165, 1.54) is 22.8 Å². The van der Waals surface area contributed by atoms with E-state index in [1.807, 2.05) is 37.3 Å². The van der Waals surface area contributed by atoms with Gasteiger partial charge in [-0.05, 0) is 37.6 Å². The van der Waals surface area contributed by atoms with Gasteiger partial charge in [-0.25, -0.2) is 9.79 Å². The Hall–Kier alpha value is -4.77. The number of rotatable bonds is 8. The van der Waals surface area contributed by atoms with Crippen molar-refractivity contribution in [2.75, 3.05) is 13.2 Å². The summed E-state index contributed by atoms with van der Waals surface area (Å²) >= 11 is 1.10. The molecule has 3 heterocycles. The third-order valence-corrected chi connectivity index (χ3v) is 6.93. The number of benzene rings is 2. The van der Waals surface area contributed by atoms with Gasteiger partial charge in [0.1, 0.15) is 16.4 Å². The third kappa shape index (κ3) is 5.04. The molecule has 0 aliphatic carbocycles. The van der Waals surface area contributed by atoms with Crippen LogP contribution in [0.5, 0.6) is 5.75 Å². The Balaban J connectivity index is 1.78. The Kier molecular flexibility index (Phi) is 7.24. The number of fused-ring (bicyclic) bond motifs is 1. The number of ether oxygens (including phenoxy) is 2. The van der Waals surface area contributed by atoms with Gasteiger partial charge in [-0.3, -0.25) is 19.5 Å². The molecular weight excluding hydrogens is 522 g/mol. The number of carbonyl (C=O) groups excluding carboxylic acids is 1. The normalized spacial score (nSPS) is 15.0. The Morgan fingerprint density at radius 3 is 2.49 bits per heavy atom. The maximum Gasteiger partial charge on any atom is 0.433 e. The first kappa shape index (κ1) is 25.9. The van der Waals surface area contributed by atoms with Crippen LogP contribution in [0.4, 0.5) is 5.88 Å². The fourth-order valence-corrected chi connectivity index (χ4v) is 5.30. The second-order valence-electron chi connectivity index (χ2n) is 8.37. The highest BCUT2D eigenvalue weighted by atomic mass is 32.1. The fourth-order valence-electron chi connectivity index (χ4n) is 4.32. The smallest absolute Gasteiger partial charge is 0.433 e. The van der Waals surface area contributed by atoms with Crippen LogP contribution < -0.4 is 19.6 Å². The first-order valence-corrected chi connectivity index (χ1v) is 13.0. The minimum atomic E-state index is -0.848. The number of carbonyl (C=O) groups is 1. The number of hydrogen-bond donors (Lipinski definition) is 0. The van der Waals surface area contributed by atoms with Crippen LogP contribution in [-0.2, 0) is 9.53 Å². The van der Waals surface area contributed by atoms with Crippen LogP contribution in [0.1, 0.15) is 36.8 Å². The largest absolute Gasteiger partial charge is 0.494 e. The molecule has 0 saturated carbocycles. The van der Waals surface area contributed by atoms with Crippen molar-refractivity contribution in [3.05, 3.63) is 119 Å². The van der Waals surface area contributed by atoms with Crippen LogP contribution >= 0.6 is 11.3 Å². The average Bonchev–Trinajstić information content (AvgIpc) is 3.54. The van der Waals surface area contributed by atoms with Crippen molar-refractivity contribution in [2.45, 2.75) is 19.9 Å². The van der Waals surface area contributed by atoms with Crippen LogP contribution in [-0.4, -0.2) is 28.7 Å². The molecule has 39 heavy (non-hydrogen) atoms. The van der Waals surface area contributed by atoms with Crippen molar-refractivity contribution in [3.8, 4) is 5.75 Å². The molecule has 0 amide bonds. The molecule has 198 valence electrons. The highest BCUT2D eigenvalue weighted by Gasteiger charge is 2.35. The van der Waals surface area contributed by atoms with E-state index in [-0.39, 0.29) is 22.5 Å². The van der Waals surface area contributed by atoms with Crippen LogP contribution in [0.3, 0.4) is 0 Å². The molecule has 10 nitrogen and oxygen atoms in total. The van der Waals surface area contributed by atoms with Crippen molar-refractivity contribution in [1.82, 2.24) is 4.57 Å². The zero-order valence-corrected chi connectivity index (χ0v) is 21.8. The second kappa shape index (κ2) is 10.9. The molecule has 1 unspecified atom stereocenters. The van der Waals surface area contributed by atoms with E-state index in [9.17, 15) is 19.7 Å². The van der Waals surface area contributed by atoms with E-state index in [1.54, 1.807) is 31.2 Å². The van der Waals surface area contributed by atoms with E-state index >= 15 is 0 Å². The summed E-state index contributed by atoms with van der Waals surface area (Å²) in [5.41, 5.74) is 1.54. The van der Waals surface area contributed by atoms with Gasteiger partial charge in [-0.1, -0.05) is 53.8 Å². The molecule has 0 bridgehead atoms. The van der Waals surface area contributed by atoms with Gasteiger partial charge in [0, 0.05) is 11.6 Å². The number of aromatic nitrogens is 1. The van der Waals surface area contributed by atoms with Crippen molar-refractivity contribution in [3.63, 3.8) is 0 Å². The first-order valence-electron chi connectivity index (χ1n) is 12.2. The SMILES string of the molecule is CCOC(=O)C1=C(c2ccccc2)N=c2s/c(=C/c3ccc([N+](=O)[O-])o3)c(=O)n2C1c1ccc(OCC)cc1. The topological polar surface area (TPSA) is 126 Å². The standard InChI is InChI=1S/C28H23N3O7S/c1-3-36-19-12-10-18(11-13-19)25-23(27(33)37-4-2)24(17-8-6-5-7-9-17)29-28-30(25)26(32)21(39-28)16-20-14-15-22(38-20)31(34)35/h5-16,25H,3-4H2,1-2H3/b21-16+. The van der Waals surface area contributed by atoms with Crippen LogP contribution in [0.2, 0.25) is 0 Å². The molecule has 0 spiro atoms. The van der Waals surface area contributed by atoms with Gasteiger partial charge in [-0.2, -0.15) is 0 Å². The van der Waals surface area contributed by atoms with Crippen molar-refractivity contribution in [1.29, 1.82) is 0 Å². The molecule has 2 aromatic carbocycles. The number of hydrogen-bond acceptors (Lipinski definition) is 9. The van der Waals surface area contributed by atoms with Gasteiger partial charge < -0.3 is 13.9 Å². The third-order valence-electron chi connectivity index (χ3n) is 5.95. The van der Waals surface area contributed by atoms with Gasteiger partial charge in [-0.15, -0.1) is 0 Å². The van der Waals surface area contributed by atoms with Crippen LogP contribution in [0.15, 0.2) is 86.5 Å². The number of esters is 1. The van der Waals surface area contributed by atoms with Gasteiger partial charge >= 0.3 is 11.9 Å². The second-order valence-corrected chi connectivity index (χ2v) is 9.38. The van der Waals surface area contributed by atoms with E-state index in [4.69, 9.17) is 18.9 Å². The lowest BCUT2D eigenvalue weighted by atomic mass is 9.93. The molecule has 0 saturated heterocycles. The van der Waals surface area contributed by atoms with E-state index in [0.29, 0.717) is 34.0 Å². The van der Waals surface area contributed by atoms with Crippen molar-refractivity contribution < 1.29 is 23.6 Å². The van der Waals surface area contributed by atoms with E-state index in [0.717, 1.165) is 11.3 Å². The van der Waals surface area contributed by atoms with E-state index < -0.39 is 28.4 Å². The monoisotopic (exact) mass is 545 g/mol. The summed E-state index contributed by atoms with van der Waals surface area (Å²) in [5, 5.41) is 11.0. The van der Waals surface area contributed by atoms with Crippen molar-refractivity contribution in [2.24, 2.45) is 4.99 Å². The van der Waals surface area contributed by atoms with Crippen LogP contribution in [0, 0.1) is 10.1 Å². The first-order chi connectivity index (χ1) is 18.9. The predicted molar refractivity (Wildman–Crippen MR) is 144 cm³/mol. The quantitative estimate of drug-likeness (QED) is 0.187. The summed E-state index contributed by atoms with van der Waals surface area (Å²) in [6.45, 7) is 4.23. The maximum absolute atomic E-state index is 13.8. The number of thiazole rings is 1. The highest BCUT2D eigenvalue weighted by Crippen LogP contribution is 2.35. The minimum Gasteiger partial charge on any atom is -0.494 e. The molecule has 2 aromatic heterocycles. The maximum atomic E-state index is 13.8. The Morgan fingerprint density at radius 1 is 1.10 bits per heavy atom. The molecule has 1 aliphatic rings. The zero-order chi connectivity index (χ0) is 27.5. The molecule has 0 fully saturated rings. The lowest BCUT2D eigenvalue weighted by Crippen LogP contribution is -2.40. The molecule has 0 radical (unpaired) electrons. The van der Waals surface area contributed by atoms with Gasteiger partial charge in [0.2, 0.25) is 0 Å². The van der Waals surface area contributed by atoms with Gasteiger partial charge in [0.05, 0.1) is 41.1 Å².